The van der Waals surface area contributed by atoms with Crippen LogP contribution in [0, 0.1) is 0 Å². The van der Waals surface area contributed by atoms with Gasteiger partial charge in [0, 0.05) is 30.3 Å². The minimum absolute atomic E-state index is 0.0388. The van der Waals surface area contributed by atoms with Crippen LogP contribution in [0.3, 0.4) is 0 Å². The van der Waals surface area contributed by atoms with E-state index < -0.39 is 5.91 Å². The van der Waals surface area contributed by atoms with Crippen molar-refractivity contribution in [3.8, 4) is 0 Å². The Balaban J connectivity index is 2.14. The second-order valence-electron chi connectivity index (χ2n) is 4.82. The van der Waals surface area contributed by atoms with Crippen molar-refractivity contribution in [1.82, 2.24) is 10.2 Å². The van der Waals surface area contributed by atoms with Gasteiger partial charge in [0.25, 0.3) is 5.91 Å². The summed E-state index contributed by atoms with van der Waals surface area (Å²) in [5.41, 5.74) is 6.12. The van der Waals surface area contributed by atoms with E-state index in [0.717, 1.165) is 19.4 Å². The van der Waals surface area contributed by atoms with Crippen LogP contribution >= 0.6 is 0 Å². The topological polar surface area (TPSA) is 75.4 Å². The number of nitrogens with two attached hydrogens (primary N) is 1. The summed E-state index contributed by atoms with van der Waals surface area (Å²) >= 11 is 0. The van der Waals surface area contributed by atoms with Crippen LogP contribution in [0.25, 0.3) is 0 Å². The van der Waals surface area contributed by atoms with Crippen molar-refractivity contribution in [1.29, 1.82) is 0 Å². The van der Waals surface area contributed by atoms with Crippen molar-refractivity contribution >= 4 is 11.8 Å². The van der Waals surface area contributed by atoms with Crippen LogP contribution in [-0.4, -0.2) is 42.9 Å². The molecule has 0 aliphatic carbocycles. The molecule has 5 nitrogen and oxygen atoms in total. The second kappa shape index (κ2) is 5.84. The van der Waals surface area contributed by atoms with Crippen LogP contribution in [0.2, 0.25) is 0 Å². The van der Waals surface area contributed by atoms with Gasteiger partial charge < -0.3 is 16.0 Å². The maximum Gasteiger partial charge on any atom is 0.253 e. The van der Waals surface area contributed by atoms with Gasteiger partial charge in [-0.1, -0.05) is 6.07 Å². The van der Waals surface area contributed by atoms with Crippen molar-refractivity contribution < 1.29 is 9.59 Å². The summed E-state index contributed by atoms with van der Waals surface area (Å²) in [6.07, 6.45) is 2.08. The Morgan fingerprint density at radius 1 is 1.37 bits per heavy atom. The number of likely N-dealkylation sites (N-methyl/N-ethyl adjacent to an activating group) is 1. The fourth-order valence-corrected chi connectivity index (χ4v) is 2.39. The van der Waals surface area contributed by atoms with Crippen molar-refractivity contribution in [3.05, 3.63) is 35.4 Å². The molecule has 1 fully saturated rings. The molecule has 0 saturated carbocycles. The minimum atomic E-state index is -0.513. The van der Waals surface area contributed by atoms with E-state index in [-0.39, 0.29) is 5.91 Å². The smallest absolute Gasteiger partial charge is 0.253 e. The highest BCUT2D eigenvalue weighted by atomic mass is 16.2. The second-order valence-corrected chi connectivity index (χ2v) is 4.82. The van der Waals surface area contributed by atoms with Gasteiger partial charge in [0.15, 0.2) is 0 Å². The fraction of sp³-hybridized carbons (Fsp3) is 0.429. The number of nitrogens with zero attached hydrogens (tertiary/aromatic N) is 1. The zero-order valence-electron chi connectivity index (χ0n) is 11.1. The Morgan fingerprint density at radius 3 is 2.79 bits per heavy atom. The number of carbonyl (C=O) groups is 2. The van der Waals surface area contributed by atoms with Crippen molar-refractivity contribution in [2.45, 2.75) is 18.9 Å². The molecule has 5 heteroatoms. The summed E-state index contributed by atoms with van der Waals surface area (Å²) in [5.74, 6) is -0.551. The maximum absolute atomic E-state index is 12.4. The Labute approximate surface area is 112 Å². The van der Waals surface area contributed by atoms with Gasteiger partial charge in [-0.15, -0.1) is 0 Å². The summed E-state index contributed by atoms with van der Waals surface area (Å²) < 4.78 is 0. The van der Waals surface area contributed by atoms with Crippen LogP contribution in [0.15, 0.2) is 24.3 Å². The first kappa shape index (κ1) is 13.5. The lowest BCUT2D eigenvalue weighted by Gasteiger charge is -2.32. The van der Waals surface area contributed by atoms with Crippen LogP contribution in [0.4, 0.5) is 0 Å². The van der Waals surface area contributed by atoms with Gasteiger partial charge in [-0.25, -0.2) is 0 Å². The van der Waals surface area contributed by atoms with Crippen LogP contribution in [-0.2, 0) is 0 Å². The highest BCUT2D eigenvalue weighted by Crippen LogP contribution is 2.14. The molecule has 1 aliphatic rings. The molecule has 1 saturated heterocycles. The van der Waals surface area contributed by atoms with E-state index in [1.807, 2.05) is 11.9 Å². The first-order valence-electron chi connectivity index (χ1n) is 6.48. The van der Waals surface area contributed by atoms with Crippen LogP contribution < -0.4 is 11.1 Å². The minimum Gasteiger partial charge on any atom is -0.366 e. The summed E-state index contributed by atoms with van der Waals surface area (Å²) in [7, 11) is 1.91. The molecule has 19 heavy (non-hydrogen) atoms. The van der Waals surface area contributed by atoms with Gasteiger partial charge in [0.2, 0.25) is 5.91 Å². The number of nitrogens with one attached hydrogen (secondary N) is 1. The zero-order chi connectivity index (χ0) is 13.8. The van der Waals surface area contributed by atoms with E-state index in [2.05, 4.69) is 5.32 Å². The predicted molar refractivity (Wildman–Crippen MR) is 72.9 cm³/mol. The molecule has 1 aromatic rings. The number of piperidine rings is 1. The number of benzene rings is 1. The molecule has 0 spiro atoms. The molecule has 0 unspecified atom stereocenters. The van der Waals surface area contributed by atoms with Crippen molar-refractivity contribution in [3.63, 3.8) is 0 Å². The number of hydrogen-bond donors (Lipinski definition) is 2. The number of rotatable bonds is 3. The fourth-order valence-electron chi connectivity index (χ4n) is 2.39. The summed E-state index contributed by atoms with van der Waals surface area (Å²) in [6, 6.07) is 6.93. The van der Waals surface area contributed by atoms with Crippen LogP contribution in [0.1, 0.15) is 33.6 Å². The molecule has 102 valence electrons. The molecule has 0 aromatic heterocycles. The van der Waals surface area contributed by atoms with Gasteiger partial charge in [0.1, 0.15) is 0 Å². The predicted octanol–water partition coefficient (Wildman–Crippen LogP) is 0.609. The van der Waals surface area contributed by atoms with E-state index >= 15 is 0 Å². The number of amides is 2. The molecule has 2 amide bonds. The molecule has 0 bridgehead atoms. The van der Waals surface area contributed by atoms with Gasteiger partial charge in [-0.05, 0) is 38.1 Å². The third-order valence-corrected chi connectivity index (χ3v) is 3.51. The largest absolute Gasteiger partial charge is 0.366 e. The molecule has 0 radical (unpaired) electrons. The monoisotopic (exact) mass is 261 g/mol. The Hall–Kier alpha value is -1.88. The van der Waals surface area contributed by atoms with Crippen molar-refractivity contribution in [2.75, 3.05) is 20.1 Å². The molecule has 1 aromatic carbocycles. The van der Waals surface area contributed by atoms with E-state index in [9.17, 15) is 9.59 Å². The van der Waals surface area contributed by atoms with Gasteiger partial charge in [-0.3, -0.25) is 9.59 Å². The first-order valence-corrected chi connectivity index (χ1v) is 6.48. The average molecular weight is 261 g/mol. The van der Waals surface area contributed by atoms with E-state index in [0.29, 0.717) is 23.7 Å². The van der Waals surface area contributed by atoms with Gasteiger partial charge in [0.05, 0.1) is 0 Å². The SMILES string of the molecule is CN[C@@H]1CCCN(C(=O)c2cccc(C(N)=O)c2)C1. The lowest BCUT2D eigenvalue weighted by Crippen LogP contribution is -2.47. The van der Waals surface area contributed by atoms with E-state index in [1.54, 1.807) is 24.3 Å². The first-order chi connectivity index (χ1) is 9.11. The molecular formula is C14H19N3O2. The quantitative estimate of drug-likeness (QED) is 0.837. The van der Waals surface area contributed by atoms with Gasteiger partial charge >= 0.3 is 0 Å². The molecule has 1 heterocycles. The van der Waals surface area contributed by atoms with Crippen molar-refractivity contribution in [2.24, 2.45) is 5.73 Å². The molecule has 2 rings (SSSR count). The highest BCUT2D eigenvalue weighted by molar-refractivity contribution is 5.99. The van der Waals surface area contributed by atoms with E-state index in [1.165, 1.54) is 0 Å². The normalized spacial score (nSPS) is 19.2. The van der Waals surface area contributed by atoms with Gasteiger partial charge in [-0.2, -0.15) is 0 Å². The van der Waals surface area contributed by atoms with E-state index in [4.69, 9.17) is 5.73 Å². The third kappa shape index (κ3) is 3.12. The summed E-state index contributed by atoms with van der Waals surface area (Å²) in [6.45, 7) is 1.47. The Morgan fingerprint density at radius 2 is 2.11 bits per heavy atom. The standard InChI is InChI=1S/C14H19N3O2/c1-16-12-6-3-7-17(9-12)14(19)11-5-2-4-10(8-11)13(15)18/h2,4-5,8,12,16H,3,6-7,9H2,1H3,(H2,15,18)/t12-/m1/s1. The Kier molecular flexibility index (Phi) is 4.16. The number of likely N-dealkylation sites (tertiary alicyclic amines) is 1. The lowest BCUT2D eigenvalue weighted by atomic mass is 10.0. The molecule has 3 N–H and O–H groups in total. The number of primary amides is 1. The van der Waals surface area contributed by atoms with Crippen LogP contribution in [0.5, 0.6) is 0 Å². The maximum atomic E-state index is 12.4. The zero-order valence-corrected chi connectivity index (χ0v) is 11.1. The molecule has 1 atom stereocenters. The number of carbonyl (C=O) groups excluding carboxylic acids is 2. The highest BCUT2D eigenvalue weighted by Gasteiger charge is 2.23. The lowest BCUT2D eigenvalue weighted by molar-refractivity contribution is 0.0698. The third-order valence-electron chi connectivity index (χ3n) is 3.51. The summed E-state index contributed by atoms with van der Waals surface area (Å²) in [5, 5.41) is 3.20. The number of hydrogen-bond acceptors (Lipinski definition) is 3. The molecular weight excluding hydrogens is 242 g/mol. The summed E-state index contributed by atoms with van der Waals surface area (Å²) in [4.78, 5) is 25.3. The average Bonchev–Trinajstić information content (AvgIpc) is 2.46. The molecule has 1 aliphatic heterocycles. The Bertz CT molecular complexity index is 487.